The molecule has 1 rings (SSSR count). The standard InChI is InChI=1S/C13H13BrO5/c1-3-18-13(17)12(19-8(2)15)11(16)9-4-6-10(14)7-5-9/h4-7,12H,3H2,1-2H3. The molecule has 0 amide bonds. The fourth-order valence-corrected chi connectivity index (χ4v) is 1.62. The molecule has 0 saturated heterocycles. The normalized spacial score (nSPS) is 11.5. The summed E-state index contributed by atoms with van der Waals surface area (Å²) in [7, 11) is 0. The Bertz CT molecular complexity index is 480. The molecule has 0 aliphatic rings. The molecule has 5 nitrogen and oxygen atoms in total. The zero-order valence-corrected chi connectivity index (χ0v) is 12.1. The van der Waals surface area contributed by atoms with Gasteiger partial charge < -0.3 is 9.47 Å². The maximum Gasteiger partial charge on any atom is 0.355 e. The van der Waals surface area contributed by atoms with E-state index in [1.54, 1.807) is 19.1 Å². The lowest BCUT2D eigenvalue weighted by atomic mass is 10.1. The number of rotatable bonds is 5. The highest BCUT2D eigenvalue weighted by molar-refractivity contribution is 9.10. The van der Waals surface area contributed by atoms with Gasteiger partial charge in [-0.15, -0.1) is 0 Å². The second kappa shape index (κ2) is 7.04. The monoisotopic (exact) mass is 328 g/mol. The van der Waals surface area contributed by atoms with Gasteiger partial charge in [-0.1, -0.05) is 28.1 Å². The number of benzene rings is 1. The number of ether oxygens (including phenoxy) is 2. The molecule has 1 aromatic carbocycles. The molecule has 0 aliphatic carbocycles. The second-order valence-corrected chi connectivity index (χ2v) is 4.53. The van der Waals surface area contributed by atoms with Gasteiger partial charge in [-0.05, 0) is 19.1 Å². The molecular formula is C13H13BrO5. The quantitative estimate of drug-likeness (QED) is 0.470. The van der Waals surface area contributed by atoms with Gasteiger partial charge in [0.05, 0.1) is 6.61 Å². The van der Waals surface area contributed by atoms with Crippen molar-refractivity contribution in [2.75, 3.05) is 6.61 Å². The first-order valence-electron chi connectivity index (χ1n) is 5.59. The van der Waals surface area contributed by atoms with E-state index < -0.39 is 23.8 Å². The Morgan fingerprint density at radius 3 is 2.26 bits per heavy atom. The Morgan fingerprint density at radius 2 is 1.79 bits per heavy atom. The average molecular weight is 329 g/mol. The van der Waals surface area contributed by atoms with E-state index in [2.05, 4.69) is 15.9 Å². The van der Waals surface area contributed by atoms with Crippen molar-refractivity contribution in [2.24, 2.45) is 0 Å². The van der Waals surface area contributed by atoms with Crippen molar-refractivity contribution in [3.05, 3.63) is 34.3 Å². The van der Waals surface area contributed by atoms with Crippen LogP contribution in [0, 0.1) is 0 Å². The SMILES string of the molecule is CCOC(=O)C(OC(C)=O)C(=O)c1ccc(Br)cc1. The Balaban J connectivity index is 2.96. The summed E-state index contributed by atoms with van der Waals surface area (Å²) in [4.78, 5) is 34.7. The van der Waals surface area contributed by atoms with Gasteiger partial charge >= 0.3 is 11.9 Å². The summed E-state index contributed by atoms with van der Waals surface area (Å²) < 4.78 is 10.3. The molecule has 6 heteroatoms. The van der Waals surface area contributed by atoms with Crippen LogP contribution in [0.25, 0.3) is 0 Å². The van der Waals surface area contributed by atoms with Crippen LogP contribution in [0.15, 0.2) is 28.7 Å². The highest BCUT2D eigenvalue weighted by Gasteiger charge is 2.31. The molecule has 0 heterocycles. The summed E-state index contributed by atoms with van der Waals surface area (Å²) in [6.45, 7) is 2.83. The first-order valence-corrected chi connectivity index (χ1v) is 6.38. The summed E-state index contributed by atoms with van der Waals surface area (Å²) in [6.07, 6.45) is -1.56. The fraction of sp³-hybridized carbons (Fsp3) is 0.308. The lowest BCUT2D eigenvalue weighted by Crippen LogP contribution is -2.36. The van der Waals surface area contributed by atoms with E-state index >= 15 is 0 Å². The van der Waals surface area contributed by atoms with Crippen molar-refractivity contribution in [3.63, 3.8) is 0 Å². The number of hydrogen-bond donors (Lipinski definition) is 0. The van der Waals surface area contributed by atoms with Crippen molar-refractivity contribution in [1.82, 2.24) is 0 Å². The van der Waals surface area contributed by atoms with E-state index in [1.165, 1.54) is 12.1 Å². The molecule has 0 aliphatic heterocycles. The minimum Gasteiger partial charge on any atom is -0.463 e. The van der Waals surface area contributed by atoms with Crippen LogP contribution in [0.4, 0.5) is 0 Å². The maximum atomic E-state index is 12.1. The number of carbonyl (C=O) groups is 3. The first-order chi connectivity index (χ1) is 8.95. The molecule has 0 saturated carbocycles. The van der Waals surface area contributed by atoms with Gasteiger partial charge in [-0.2, -0.15) is 0 Å². The van der Waals surface area contributed by atoms with Gasteiger partial charge in [0.1, 0.15) is 0 Å². The molecule has 1 aromatic rings. The molecular weight excluding hydrogens is 316 g/mol. The lowest BCUT2D eigenvalue weighted by molar-refractivity contribution is -0.162. The van der Waals surface area contributed by atoms with Crippen molar-refractivity contribution in [3.8, 4) is 0 Å². The Hall–Kier alpha value is -1.69. The third kappa shape index (κ3) is 4.48. The molecule has 0 spiro atoms. The number of hydrogen-bond acceptors (Lipinski definition) is 5. The Kier molecular flexibility index (Phi) is 5.69. The molecule has 1 unspecified atom stereocenters. The summed E-state index contributed by atoms with van der Waals surface area (Å²) in [5.74, 6) is -2.20. The molecule has 1 atom stereocenters. The second-order valence-electron chi connectivity index (χ2n) is 3.61. The van der Waals surface area contributed by atoms with Crippen molar-refractivity contribution < 1.29 is 23.9 Å². The molecule has 0 radical (unpaired) electrons. The Labute approximate surface area is 119 Å². The van der Waals surface area contributed by atoms with Gasteiger partial charge in [0.2, 0.25) is 5.78 Å². The van der Waals surface area contributed by atoms with E-state index in [0.717, 1.165) is 11.4 Å². The smallest absolute Gasteiger partial charge is 0.355 e. The number of carbonyl (C=O) groups excluding carboxylic acids is 3. The average Bonchev–Trinajstić information content (AvgIpc) is 2.36. The van der Waals surface area contributed by atoms with Crippen LogP contribution in [0.3, 0.4) is 0 Å². The van der Waals surface area contributed by atoms with Crippen LogP contribution in [0.5, 0.6) is 0 Å². The van der Waals surface area contributed by atoms with Gasteiger partial charge in [0, 0.05) is 17.0 Å². The molecule has 102 valence electrons. The van der Waals surface area contributed by atoms with Crippen LogP contribution in [0.2, 0.25) is 0 Å². The highest BCUT2D eigenvalue weighted by Crippen LogP contribution is 2.14. The molecule has 0 N–H and O–H groups in total. The number of ketones is 1. The zero-order chi connectivity index (χ0) is 14.4. The molecule has 0 bridgehead atoms. The van der Waals surface area contributed by atoms with Crippen molar-refractivity contribution in [2.45, 2.75) is 20.0 Å². The van der Waals surface area contributed by atoms with Gasteiger partial charge in [0.15, 0.2) is 0 Å². The van der Waals surface area contributed by atoms with E-state index in [-0.39, 0.29) is 12.2 Å². The van der Waals surface area contributed by atoms with Crippen molar-refractivity contribution in [1.29, 1.82) is 0 Å². The van der Waals surface area contributed by atoms with E-state index in [1.807, 2.05) is 0 Å². The van der Waals surface area contributed by atoms with Gasteiger partial charge in [-0.25, -0.2) is 4.79 Å². The summed E-state index contributed by atoms with van der Waals surface area (Å²) >= 11 is 3.24. The minimum atomic E-state index is -1.56. The molecule has 0 fully saturated rings. The predicted molar refractivity (Wildman–Crippen MR) is 70.7 cm³/mol. The maximum absolute atomic E-state index is 12.1. The molecule has 0 aromatic heterocycles. The number of Topliss-reactive ketones (excluding diaryl/α,β-unsaturated/α-hetero) is 1. The zero-order valence-electron chi connectivity index (χ0n) is 10.5. The number of halogens is 1. The first kappa shape index (κ1) is 15.4. The van der Waals surface area contributed by atoms with Crippen LogP contribution in [-0.2, 0) is 19.1 Å². The summed E-state index contributed by atoms with van der Waals surface area (Å²) in [5, 5.41) is 0. The summed E-state index contributed by atoms with van der Waals surface area (Å²) in [5.41, 5.74) is 0.266. The predicted octanol–water partition coefficient (Wildman–Crippen LogP) is 2.13. The number of esters is 2. The van der Waals surface area contributed by atoms with Crippen LogP contribution < -0.4 is 0 Å². The van der Waals surface area contributed by atoms with Crippen LogP contribution >= 0.6 is 15.9 Å². The minimum absolute atomic E-state index is 0.101. The Morgan fingerprint density at radius 1 is 1.21 bits per heavy atom. The highest BCUT2D eigenvalue weighted by atomic mass is 79.9. The van der Waals surface area contributed by atoms with E-state index in [4.69, 9.17) is 9.47 Å². The van der Waals surface area contributed by atoms with Crippen LogP contribution in [0.1, 0.15) is 24.2 Å². The summed E-state index contributed by atoms with van der Waals surface area (Å²) in [6, 6.07) is 6.37. The van der Waals surface area contributed by atoms with E-state index in [9.17, 15) is 14.4 Å². The third-order valence-electron chi connectivity index (χ3n) is 2.15. The lowest BCUT2D eigenvalue weighted by Gasteiger charge is -2.14. The third-order valence-corrected chi connectivity index (χ3v) is 2.68. The van der Waals surface area contributed by atoms with Crippen molar-refractivity contribution >= 4 is 33.7 Å². The van der Waals surface area contributed by atoms with Crippen LogP contribution in [-0.4, -0.2) is 30.4 Å². The van der Waals surface area contributed by atoms with Gasteiger partial charge in [-0.3, -0.25) is 9.59 Å². The fourth-order valence-electron chi connectivity index (χ4n) is 1.36. The van der Waals surface area contributed by atoms with E-state index in [0.29, 0.717) is 0 Å². The topological polar surface area (TPSA) is 69.7 Å². The van der Waals surface area contributed by atoms with Gasteiger partial charge in [0.25, 0.3) is 6.10 Å². The largest absolute Gasteiger partial charge is 0.463 e. The molecule has 19 heavy (non-hydrogen) atoms.